The van der Waals surface area contributed by atoms with Gasteiger partial charge in [-0.25, -0.2) is 4.98 Å². The summed E-state index contributed by atoms with van der Waals surface area (Å²) in [7, 11) is 18.2. The van der Waals surface area contributed by atoms with Crippen LogP contribution >= 0.6 is 11.3 Å². The molecule has 4 N–H and O–H groups in total. The number of methoxy groups -OCH3 is 1. The number of para-hydroxylation sites is 1. The van der Waals surface area contributed by atoms with Crippen LogP contribution < -0.4 is 20.7 Å². The van der Waals surface area contributed by atoms with E-state index in [1.54, 1.807) is 36.5 Å². The number of aromatic nitrogens is 5. The van der Waals surface area contributed by atoms with Crippen LogP contribution in [0.3, 0.4) is 0 Å². The molecule has 4 rings (SSSR count). The summed E-state index contributed by atoms with van der Waals surface area (Å²) in [5.41, 5.74) is 2.05. The van der Waals surface area contributed by atoms with Crippen LogP contribution in [0.2, 0.25) is 0 Å². The van der Waals surface area contributed by atoms with Gasteiger partial charge in [0.15, 0.2) is 23.1 Å². The number of benzene rings is 1. The zero-order valence-electron chi connectivity index (χ0n) is 19.9. The first-order valence-corrected chi connectivity index (χ1v) is 11.6. The van der Waals surface area contributed by atoms with Gasteiger partial charge in [0, 0.05) is 12.3 Å². The summed E-state index contributed by atoms with van der Waals surface area (Å²) < 4.78 is 5.68. The van der Waals surface area contributed by atoms with Gasteiger partial charge in [0.05, 0.1) is 64.8 Å². The van der Waals surface area contributed by atoms with Crippen molar-refractivity contribution in [3.8, 4) is 16.3 Å². The Labute approximate surface area is 220 Å². The predicted molar refractivity (Wildman–Crippen MR) is 143 cm³/mol. The van der Waals surface area contributed by atoms with Crippen LogP contribution in [0, 0.1) is 6.92 Å². The van der Waals surface area contributed by atoms with Crippen molar-refractivity contribution in [2.45, 2.75) is 18.8 Å². The molecule has 0 atom stereocenters. The summed E-state index contributed by atoms with van der Waals surface area (Å²) in [6, 6.07) is 10.4. The molecule has 0 bridgehead atoms. The van der Waals surface area contributed by atoms with Crippen LogP contribution in [-0.2, 0) is 6.61 Å². The Kier molecular flexibility index (Phi) is 7.74. The molecule has 1 aromatic carbocycles. The summed E-state index contributed by atoms with van der Waals surface area (Å²) in [6.07, 6.45) is 1.60. The lowest BCUT2D eigenvalue weighted by molar-refractivity contribution is 0.0947. The molecule has 0 aliphatic carbocycles. The highest BCUT2D eigenvalue weighted by atomic mass is 32.1. The van der Waals surface area contributed by atoms with Gasteiger partial charge in [0.2, 0.25) is 0 Å². The number of aryl methyl sites for hydroxylation is 1. The second-order valence-electron chi connectivity index (χ2n) is 7.87. The summed E-state index contributed by atoms with van der Waals surface area (Å²) in [5, 5.41) is 32.7. The highest BCUT2D eigenvalue weighted by molar-refractivity contribution is 7.15. The minimum absolute atomic E-state index is 0.120. The highest BCUT2D eigenvalue weighted by Gasteiger charge is 2.22. The molecule has 0 aliphatic rings. The summed E-state index contributed by atoms with van der Waals surface area (Å²) >= 11 is 1.33. The molecule has 0 saturated heterocycles. The SMILES string of the molecule is [B]C([B])([B])NC(=O)c1nnc(Nc2ccc(C)nn2)cc1Nc1cccc(-c2ncc(CO)s2)c1OC. The van der Waals surface area contributed by atoms with E-state index in [9.17, 15) is 9.90 Å². The van der Waals surface area contributed by atoms with E-state index in [-0.39, 0.29) is 23.8 Å². The average Bonchev–Trinajstić information content (AvgIpc) is 3.34. The number of carbonyl (C=O) groups excluding carboxylic acids is 1. The fraction of sp³-hybridized carbons (Fsp3) is 0.182. The number of carbonyl (C=O) groups is 1. The van der Waals surface area contributed by atoms with E-state index >= 15 is 0 Å². The molecule has 11 nitrogen and oxygen atoms in total. The first kappa shape index (κ1) is 26.1. The number of nitrogens with zero attached hydrogens (tertiary/aromatic N) is 5. The molecule has 0 spiro atoms. The van der Waals surface area contributed by atoms with Crippen molar-refractivity contribution in [1.82, 2.24) is 30.7 Å². The van der Waals surface area contributed by atoms with E-state index in [2.05, 4.69) is 41.3 Å². The Morgan fingerprint density at radius 2 is 1.84 bits per heavy atom. The number of nitrogens with one attached hydrogen (secondary N) is 3. The second-order valence-corrected chi connectivity index (χ2v) is 8.98. The van der Waals surface area contributed by atoms with E-state index in [1.807, 2.05) is 13.0 Å². The van der Waals surface area contributed by atoms with Crippen molar-refractivity contribution in [3.05, 3.63) is 58.9 Å². The number of aliphatic hydroxyl groups is 1. The normalized spacial score (nSPS) is 11.1. The highest BCUT2D eigenvalue weighted by Crippen LogP contribution is 2.40. The number of amides is 1. The van der Waals surface area contributed by atoms with E-state index in [0.717, 1.165) is 5.69 Å². The Bertz CT molecular complexity index is 1410. The summed E-state index contributed by atoms with van der Waals surface area (Å²) in [5.74, 6) is 0.399. The van der Waals surface area contributed by atoms with Crippen LogP contribution in [0.25, 0.3) is 10.6 Å². The van der Waals surface area contributed by atoms with Crippen LogP contribution in [0.1, 0.15) is 21.1 Å². The van der Waals surface area contributed by atoms with E-state index in [4.69, 9.17) is 28.3 Å². The molecule has 6 radical (unpaired) electrons. The maximum atomic E-state index is 12.9. The predicted octanol–water partition coefficient (Wildman–Crippen LogP) is 1.53. The minimum Gasteiger partial charge on any atom is -0.494 e. The fourth-order valence-electron chi connectivity index (χ4n) is 3.24. The standard InChI is InChI=1S/C22H19B3N8O3S/c1-11-6-7-16(31-30-11)28-17-8-15(18(33-32-17)20(35)29-22(23,24)25)27-14-5-3-4-13(19(14)36-2)21-26-9-12(10-34)37-21/h3-9,34H,10H2,1-2H3,(H,29,35)(H2,27,28,31,32). The van der Waals surface area contributed by atoms with Crippen LogP contribution in [0.15, 0.2) is 42.6 Å². The van der Waals surface area contributed by atoms with E-state index in [0.29, 0.717) is 32.7 Å². The lowest BCUT2D eigenvalue weighted by Gasteiger charge is -2.23. The zero-order chi connectivity index (χ0) is 26.6. The molecule has 4 aromatic rings. The van der Waals surface area contributed by atoms with Crippen LogP contribution in [0.4, 0.5) is 23.0 Å². The molecule has 0 fully saturated rings. The van der Waals surface area contributed by atoms with Crippen molar-refractivity contribution in [2.75, 3.05) is 17.7 Å². The molecular weight excluding hydrogens is 489 g/mol. The summed E-state index contributed by atoms with van der Waals surface area (Å²) in [4.78, 5) is 17.9. The topological polar surface area (TPSA) is 147 Å². The third-order valence-corrected chi connectivity index (χ3v) is 5.84. The Hall–Kier alpha value is -3.97. The van der Waals surface area contributed by atoms with Gasteiger partial charge < -0.3 is 25.8 Å². The summed E-state index contributed by atoms with van der Waals surface area (Å²) in [6.45, 7) is 1.70. The van der Waals surface area contributed by atoms with Gasteiger partial charge >= 0.3 is 0 Å². The number of aliphatic hydroxyl groups excluding tert-OH is 1. The average molecular weight is 508 g/mol. The Balaban J connectivity index is 1.74. The molecule has 0 aliphatic heterocycles. The van der Waals surface area contributed by atoms with Crippen molar-refractivity contribution in [2.24, 2.45) is 0 Å². The number of hydrogen-bond acceptors (Lipinski definition) is 11. The molecule has 15 heteroatoms. The van der Waals surface area contributed by atoms with Gasteiger partial charge in [0.1, 0.15) is 5.01 Å². The molecule has 0 unspecified atom stereocenters. The third-order valence-electron chi connectivity index (χ3n) is 4.82. The zero-order valence-corrected chi connectivity index (χ0v) is 20.7. The van der Waals surface area contributed by atoms with Gasteiger partial charge in [-0.3, -0.25) is 4.79 Å². The minimum atomic E-state index is -1.97. The van der Waals surface area contributed by atoms with E-state index in [1.165, 1.54) is 18.4 Å². The van der Waals surface area contributed by atoms with Crippen molar-refractivity contribution >= 4 is 63.8 Å². The molecule has 1 amide bonds. The van der Waals surface area contributed by atoms with Gasteiger partial charge in [-0.05, 0) is 31.2 Å². The van der Waals surface area contributed by atoms with Crippen molar-refractivity contribution in [3.63, 3.8) is 0 Å². The smallest absolute Gasteiger partial charge is 0.272 e. The molecular formula is C22H19B3N8O3S. The quantitative estimate of drug-likeness (QED) is 0.246. The van der Waals surface area contributed by atoms with Crippen LogP contribution in [-0.4, -0.2) is 72.3 Å². The second kappa shape index (κ2) is 11.0. The lowest BCUT2D eigenvalue weighted by Crippen LogP contribution is -2.50. The third kappa shape index (κ3) is 6.43. The monoisotopic (exact) mass is 508 g/mol. The lowest BCUT2D eigenvalue weighted by atomic mass is 9.49. The maximum Gasteiger partial charge on any atom is 0.272 e. The van der Waals surface area contributed by atoms with Gasteiger partial charge in [0.25, 0.3) is 5.91 Å². The van der Waals surface area contributed by atoms with Crippen molar-refractivity contribution < 1.29 is 14.6 Å². The number of ether oxygens (including phenoxy) is 1. The molecule has 3 heterocycles. The first-order chi connectivity index (χ1) is 17.7. The number of rotatable bonds is 9. The first-order valence-electron chi connectivity index (χ1n) is 10.8. The van der Waals surface area contributed by atoms with Crippen LogP contribution in [0.5, 0.6) is 5.75 Å². The largest absolute Gasteiger partial charge is 0.494 e. The van der Waals surface area contributed by atoms with Gasteiger partial charge in [-0.15, -0.1) is 26.6 Å². The maximum absolute atomic E-state index is 12.9. The van der Waals surface area contributed by atoms with Crippen molar-refractivity contribution in [1.29, 1.82) is 0 Å². The van der Waals surface area contributed by atoms with Gasteiger partial charge in [-0.2, -0.15) is 5.10 Å². The molecule has 180 valence electrons. The number of hydrogen-bond donors (Lipinski definition) is 4. The number of thiazole rings is 1. The van der Waals surface area contributed by atoms with Gasteiger partial charge in [-0.1, -0.05) is 11.3 Å². The molecule has 37 heavy (non-hydrogen) atoms. The Morgan fingerprint density at radius 1 is 1.05 bits per heavy atom. The van der Waals surface area contributed by atoms with E-state index < -0.39 is 11.1 Å². The number of anilines is 4. The fourth-order valence-corrected chi connectivity index (χ4v) is 4.04. The Morgan fingerprint density at radius 3 is 2.49 bits per heavy atom. The molecule has 3 aromatic heterocycles. The molecule has 0 saturated carbocycles.